The van der Waals surface area contributed by atoms with E-state index in [1.165, 1.54) is 23.5 Å². The van der Waals surface area contributed by atoms with Crippen LogP contribution in [-0.2, 0) is 6.42 Å². The molecule has 0 unspecified atom stereocenters. The van der Waals surface area contributed by atoms with Crippen LogP contribution in [0.15, 0.2) is 49.1 Å². The number of rotatable bonds is 5. The fraction of sp³-hybridized carbons (Fsp3) is 0.333. The van der Waals surface area contributed by atoms with Crippen molar-refractivity contribution in [2.24, 2.45) is 0 Å². The Kier molecular flexibility index (Phi) is 6.38. The summed E-state index contributed by atoms with van der Waals surface area (Å²) in [7, 11) is 3.23. The molecule has 0 spiro atoms. The van der Waals surface area contributed by atoms with Crippen LogP contribution in [-0.4, -0.2) is 57.5 Å². The summed E-state index contributed by atoms with van der Waals surface area (Å²) in [6.07, 6.45) is 6.51. The first-order valence-electron chi connectivity index (χ1n) is 12.0. The zero-order chi connectivity index (χ0) is 25.4. The molecule has 3 aromatic heterocycles. The van der Waals surface area contributed by atoms with Gasteiger partial charge in [-0.05, 0) is 49.1 Å². The van der Waals surface area contributed by atoms with Gasteiger partial charge in [-0.2, -0.15) is 0 Å². The predicted molar refractivity (Wildman–Crippen MR) is 134 cm³/mol. The maximum atomic E-state index is 15.2. The van der Waals surface area contributed by atoms with E-state index >= 15 is 4.39 Å². The Bertz CT molecular complexity index is 1410. The number of fused-ring (bicyclic) bond motifs is 1. The molecular weight excluding hydrogens is 462 g/mol. The van der Waals surface area contributed by atoms with Gasteiger partial charge in [0.05, 0.1) is 11.1 Å². The Hall–Kier alpha value is -3.88. The van der Waals surface area contributed by atoms with E-state index < -0.39 is 11.6 Å². The van der Waals surface area contributed by atoms with Crippen molar-refractivity contribution in [2.75, 3.05) is 32.1 Å². The topological polar surface area (TPSA) is 67.2 Å². The van der Waals surface area contributed by atoms with E-state index in [1.807, 2.05) is 23.8 Å². The Morgan fingerprint density at radius 3 is 2.50 bits per heavy atom. The molecule has 0 atom stereocenters. The highest BCUT2D eigenvalue weighted by Gasteiger charge is 2.25. The first-order chi connectivity index (χ1) is 17.3. The second-order valence-corrected chi connectivity index (χ2v) is 9.50. The summed E-state index contributed by atoms with van der Waals surface area (Å²) in [5, 5.41) is 0.313. The third-order valence-electron chi connectivity index (χ3n) is 6.78. The number of hydrogen-bond acceptors (Lipinski definition) is 5. The number of halogens is 2. The number of benzene rings is 1. The van der Waals surface area contributed by atoms with E-state index in [-0.39, 0.29) is 23.9 Å². The van der Waals surface area contributed by atoms with Crippen molar-refractivity contribution in [3.8, 4) is 0 Å². The highest BCUT2D eigenvalue weighted by molar-refractivity contribution is 5.94. The van der Waals surface area contributed by atoms with E-state index in [0.717, 1.165) is 37.3 Å². The molecule has 1 amide bonds. The third-order valence-corrected chi connectivity index (χ3v) is 6.78. The Labute approximate surface area is 208 Å². The molecule has 0 aliphatic carbocycles. The van der Waals surface area contributed by atoms with E-state index in [2.05, 4.69) is 25.9 Å². The number of aromatic nitrogens is 4. The van der Waals surface area contributed by atoms with Crippen LogP contribution in [0.4, 0.5) is 14.6 Å². The summed E-state index contributed by atoms with van der Waals surface area (Å²) in [6, 6.07) is 8.53. The number of carbonyl (C=O) groups excluding carboxylic acids is 1. The van der Waals surface area contributed by atoms with E-state index in [9.17, 15) is 9.18 Å². The molecule has 0 bridgehead atoms. The highest BCUT2D eigenvalue weighted by Crippen LogP contribution is 2.31. The molecule has 1 aliphatic heterocycles. The van der Waals surface area contributed by atoms with Crippen molar-refractivity contribution < 1.29 is 13.6 Å². The number of amides is 1. The number of hydrogen-bond donors (Lipinski definition) is 0. The van der Waals surface area contributed by atoms with Crippen LogP contribution in [0.2, 0.25) is 0 Å². The number of pyridine rings is 1. The minimum atomic E-state index is -0.522. The van der Waals surface area contributed by atoms with Crippen LogP contribution in [0.25, 0.3) is 11.0 Å². The summed E-state index contributed by atoms with van der Waals surface area (Å²) in [5.74, 6) is -0.265. The molecule has 186 valence electrons. The maximum Gasteiger partial charge on any atom is 0.253 e. The second-order valence-electron chi connectivity index (χ2n) is 9.50. The number of nitrogens with zero attached hydrogens (tertiary/aromatic N) is 6. The summed E-state index contributed by atoms with van der Waals surface area (Å²) in [5.41, 5.74) is 2.67. The van der Waals surface area contributed by atoms with Crippen molar-refractivity contribution in [3.05, 3.63) is 83.1 Å². The van der Waals surface area contributed by atoms with Gasteiger partial charge >= 0.3 is 0 Å². The first kappa shape index (κ1) is 23.8. The fourth-order valence-corrected chi connectivity index (χ4v) is 4.79. The minimum absolute atomic E-state index is 0.0921. The van der Waals surface area contributed by atoms with Gasteiger partial charge in [0, 0.05) is 57.6 Å². The summed E-state index contributed by atoms with van der Waals surface area (Å²) < 4.78 is 31.9. The molecule has 7 nitrogen and oxygen atoms in total. The quantitative estimate of drug-likeness (QED) is 0.411. The number of aryl methyl sites for hydroxylation is 1. The normalized spacial score (nSPS) is 14.4. The smallest absolute Gasteiger partial charge is 0.253 e. The van der Waals surface area contributed by atoms with Crippen LogP contribution < -0.4 is 4.90 Å². The third kappa shape index (κ3) is 4.53. The standard InChI is InChI=1S/C27H28F2N6O/c1-17-4-7-24(30-14-17)34-10-8-20(9-11-34)35-15-22(29)25-23(31-16-32-26(25)35)13-18-5-6-19(12-21(18)28)27(36)33(2)3/h4-7,12,14-16,20H,8-11,13H2,1-3H3. The number of carbonyl (C=O) groups is 1. The molecule has 1 saturated heterocycles. The van der Waals surface area contributed by atoms with Crippen molar-refractivity contribution in [3.63, 3.8) is 0 Å². The van der Waals surface area contributed by atoms with E-state index in [1.54, 1.807) is 26.2 Å². The molecule has 1 aromatic carbocycles. The van der Waals surface area contributed by atoms with Gasteiger partial charge in [0.15, 0.2) is 5.82 Å². The molecule has 4 aromatic rings. The van der Waals surface area contributed by atoms with E-state index in [0.29, 0.717) is 22.3 Å². The van der Waals surface area contributed by atoms with Crippen LogP contribution in [0.1, 0.15) is 46.1 Å². The van der Waals surface area contributed by atoms with Crippen molar-refractivity contribution in [1.82, 2.24) is 24.4 Å². The van der Waals surface area contributed by atoms with Crippen LogP contribution in [0.5, 0.6) is 0 Å². The zero-order valence-electron chi connectivity index (χ0n) is 20.6. The van der Waals surface area contributed by atoms with Gasteiger partial charge in [0.2, 0.25) is 0 Å². The van der Waals surface area contributed by atoms with Gasteiger partial charge < -0.3 is 14.4 Å². The Morgan fingerprint density at radius 2 is 1.83 bits per heavy atom. The molecule has 4 heterocycles. The van der Waals surface area contributed by atoms with Crippen LogP contribution >= 0.6 is 0 Å². The average Bonchev–Trinajstić information content (AvgIpc) is 3.22. The van der Waals surface area contributed by atoms with Crippen LogP contribution in [0.3, 0.4) is 0 Å². The fourth-order valence-electron chi connectivity index (χ4n) is 4.79. The lowest BCUT2D eigenvalue weighted by Crippen LogP contribution is -2.35. The van der Waals surface area contributed by atoms with Gasteiger partial charge in [-0.25, -0.2) is 23.7 Å². The zero-order valence-corrected chi connectivity index (χ0v) is 20.6. The average molecular weight is 491 g/mol. The van der Waals surface area contributed by atoms with Crippen molar-refractivity contribution in [1.29, 1.82) is 0 Å². The molecule has 36 heavy (non-hydrogen) atoms. The summed E-state index contributed by atoms with van der Waals surface area (Å²) in [4.78, 5) is 29.0. The van der Waals surface area contributed by atoms with Gasteiger partial charge in [0.1, 0.15) is 23.6 Å². The van der Waals surface area contributed by atoms with Gasteiger partial charge in [-0.3, -0.25) is 4.79 Å². The van der Waals surface area contributed by atoms with Crippen LogP contribution in [0, 0.1) is 18.6 Å². The minimum Gasteiger partial charge on any atom is -0.356 e. The van der Waals surface area contributed by atoms with Gasteiger partial charge in [-0.15, -0.1) is 0 Å². The molecule has 0 radical (unpaired) electrons. The summed E-state index contributed by atoms with van der Waals surface area (Å²) in [6.45, 7) is 3.63. The van der Waals surface area contributed by atoms with Gasteiger partial charge in [0.25, 0.3) is 5.91 Å². The Morgan fingerprint density at radius 1 is 1.06 bits per heavy atom. The Balaban J connectivity index is 1.38. The molecule has 5 rings (SSSR count). The second kappa shape index (κ2) is 9.64. The molecule has 1 fully saturated rings. The number of piperidine rings is 1. The lowest BCUT2D eigenvalue weighted by Gasteiger charge is -2.33. The lowest BCUT2D eigenvalue weighted by atomic mass is 10.0. The SMILES string of the molecule is Cc1ccc(N2CCC(n3cc(F)c4c(Cc5ccc(C(=O)N(C)C)cc5F)ncnc43)CC2)nc1. The van der Waals surface area contributed by atoms with Crippen molar-refractivity contribution in [2.45, 2.75) is 32.2 Å². The molecule has 9 heteroatoms. The highest BCUT2D eigenvalue weighted by atomic mass is 19.1. The predicted octanol–water partition coefficient (Wildman–Crippen LogP) is 4.55. The van der Waals surface area contributed by atoms with Crippen molar-refractivity contribution >= 4 is 22.8 Å². The molecule has 0 N–H and O–H groups in total. The number of anilines is 1. The monoisotopic (exact) mass is 490 g/mol. The van der Waals surface area contributed by atoms with E-state index in [4.69, 9.17) is 0 Å². The molecule has 0 saturated carbocycles. The maximum absolute atomic E-state index is 15.2. The largest absolute Gasteiger partial charge is 0.356 e. The molecular formula is C27H28F2N6O. The summed E-state index contributed by atoms with van der Waals surface area (Å²) >= 11 is 0. The lowest BCUT2D eigenvalue weighted by molar-refractivity contribution is 0.0827. The van der Waals surface area contributed by atoms with Gasteiger partial charge in [-0.1, -0.05) is 12.1 Å². The molecule has 1 aliphatic rings. The first-order valence-corrected chi connectivity index (χ1v) is 12.0.